The number of nitrogens with zero attached hydrogens (tertiary/aromatic N) is 3. The number of benzene rings is 6. The third-order valence-electron chi connectivity index (χ3n) is 10.6. The Hall–Kier alpha value is -5.74. The lowest BCUT2D eigenvalue weighted by Gasteiger charge is -2.27. The normalized spacial score (nSPS) is 12.4. The molecule has 0 aliphatic rings. The maximum Gasteiger partial charge on any atom is 0.149 e. The molecule has 53 heavy (non-hydrogen) atoms. The van der Waals surface area contributed by atoms with Crippen molar-refractivity contribution < 1.29 is 5.11 Å². The van der Waals surface area contributed by atoms with Crippen molar-refractivity contribution in [1.82, 2.24) is 14.5 Å². The van der Waals surface area contributed by atoms with Crippen LogP contribution in [-0.4, -0.2) is 19.6 Å². The second-order valence-electron chi connectivity index (χ2n) is 16.8. The highest BCUT2D eigenvalue weighted by Gasteiger charge is 2.29. The largest absolute Gasteiger partial charge is 0.507 e. The van der Waals surface area contributed by atoms with Crippen LogP contribution < -0.4 is 0 Å². The predicted octanol–water partition coefficient (Wildman–Crippen LogP) is 13.2. The van der Waals surface area contributed by atoms with Crippen LogP contribution in [-0.2, 0) is 10.8 Å². The summed E-state index contributed by atoms with van der Waals surface area (Å²) in [6, 6.07) is 43.1. The van der Waals surface area contributed by atoms with Crippen molar-refractivity contribution >= 4 is 32.6 Å². The summed E-state index contributed by atoms with van der Waals surface area (Å²) in [4.78, 5) is 10.5. The molecule has 0 fully saturated rings. The van der Waals surface area contributed by atoms with Gasteiger partial charge in [-0.05, 0) is 80.6 Å². The standard InChI is InChI=1S/C49H47N3O/c1-30(2)34-23-35(25-36(24-34)42-26-32-16-9-10-17-33(32)29-50-42)39-20-14-22-44-45(39)51-47(52(44)43-21-13-18-31-15-11-12-19-38(31)43)40-27-37(48(3,4)5)28-41(46(40)53)49(6,7)8/h9-30,53H,1-8H3. The quantitative estimate of drug-likeness (QED) is 0.195. The van der Waals surface area contributed by atoms with E-state index in [1.54, 1.807) is 0 Å². The number of pyridine rings is 1. The van der Waals surface area contributed by atoms with Gasteiger partial charge in [0.15, 0.2) is 0 Å². The van der Waals surface area contributed by atoms with Gasteiger partial charge in [0, 0.05) is 33.7 Å². The Morgan fingerprint density at radius 2 is 1.30 bits per heavy atom. The lowest BCUT2D eigenvalue weighted by molar-refractivity contribution is 0.446. The minimum atomic E-state index is -0.286. The summed E-state index contributed by atoms with van der Waals surface area (Å²) in [7, 11) is 0. The molecule has 0 radical (unpaired) electrons. The molecule has 0 unspecified atom stereocenters. The summed E-state index contributed by atoms with van der Waals surface area (Å²) >= 11 is 0. The van der Waals surface area contributed by atoms with E-state index in [-0.39, 0.29) is 16.6 Å². The third-order valence-corrected chi connectivity index (χ3v) is 10.6. The molecule has 0 atom stereocenters. The molecule has 8 aromatic rings. The second-order valence-corrected chi connectivity index (χ2v) is 16.8. The lowest BCUT2D eigenvalue weighted by Crippen LogP contribution is -2.17. The molecule has 0 amide bonds. The van der Waals surface area contributed by atoms with Crippen molar-refractivity contribution in [3.63, 3.8) is 0 Å². The van der Waals surface area contributed by atoms with E-state index in [2.05, 4.69) is 181 Å². The molecule has 0 bridgehead atoms. The molecule has 0 saturated heterocycles. The van der Waals surface area contributed by atoms with Crippen LogP contribution in [0.3, 0.4) is 0 Å². The molecule has 4 nitrogen and oxygen atoms in total. The van der Waals surface area contributed by atoms with Gasteiger partial charge in [0.2, 0.25) is 0 Å². The SMILES string of the molecule is CC(C)c1cc(-c2cc3ccccc3cn2)cc(-c2cccc3c2nc(-c2cc(C(C)(C)C)cc(C(C)(C)C)c2O)n3-c2cccc3ccccc23)c1. The molecule has 0 aliphatic heterocycles. The topological polar surface area (TPSA) is 50.9 Å². The Kier molecular flexibility index (Phi) is 8.25. The first-order valence-electron chi connectivity index (χ1n) is 18.7. The smallest absolute Gasteiger partial charge is 0.149 e. The summed E-state index contributed by atoms with van der Waals surface area (Å²) in [6.07, 6.45) is 1.97. The van der Waals surface area contributed by atoms with Gasteiger partial charge in [-0.1, -0.05) is 140 Å². The Bertz CT molecular complexity index is 2680. The zero-order valence-electron chi connectivity index (χ0n) is 32.0. The molecule has 0 saturated carbocycles. The summed E-state index contributed by atoms with van der Waals surface area (Å²) in [6.45, 7) is 17.6. The van der Waals surface area contributed by atoms with Gasteiger partial charge in [0.25, 0.3) is 0 Å². The van der Waals surface area contributed by atoms with E-state index in [0.717, 1.165) is 72.0 Å². The fourth-order valence-corrected chi connectivity index (χ4v) is 7.50. The van der Waals surface area contributed by atoms with Crippen molar-refractivity contribution in [2.24, 2.45) is 0 Å². The van der Waals surface area contributed by atoms with E-state index >= 15 is 0 Å². The number of imidazole rings is 1. The van der Waals surface area contributed by atoms with Gasteiger partial charge in [0.1, 0.15) is 11.6 Å². The van der Waals surface area contributed by atoms with Crippen LogP contribution >= 0.6 is 0 Å². The van der Waals surface area contributed by atoms with Crippen LogP contribution in [0.25, 0.3) is 72.0 Å². The van der Waals surface area contributed by atoms with Gasteiger partial charge in [0.05, 0.1) is 28.0 Å². The van der Waals surface area contributed by atoms with Gasteiger partial charge in [-0.15, -0.1) is 0 Å². The summed E-state index contributed by atoms with van der Waals surface area (Å²) in [5.41, 5.74) is 10.6. The fraction of sp³-hybridized carbons (Fsp3) is 0.224. The Labute approximate surface area is 312 Å². The Morgan fingerprint density at radius 3 is 2.04 bits per heavy atom. The number of phenolic OH excluding ortho intramolecular Hbond substituents is 1. The first-order valence-corrected chi connectivity index (χ1v) is 18.7. The number of hydrogen-bond acceptors (Lipinski definition) is 3. The molecule has 1 N–H and O–H groups in total. The molecule has 2 heterocycles. The average molecular weight is 694 g/mol. The minimum absolute atomic E-state index is 0.144. The van der Waals surface area contributed by atoms with Crippen molar-refractivity contribution in [2.45, 2.75) is 72.1 Å². The van der Waals surface area contributed by atoms with Crippen molar-refractivity contribution in [1.29, 1.82) is 0 Å². The highest BCUT2D eigenvalue weighted by atomic mass is 16.3. The van der Waals surface area contributed by atoms with Crippen molar-refractivity contribution in [3.8, 4) is 45.2 Å². The van der Waals surface area contributed by atoms with Crippen LogP contribution in [0.15, 0.2) is 128 Å². The van der Waals surface area contributed by atoms with Crippen LogP contribution in [0, 0.1) is 0 Å². The monoisotopic (exact) mass is 693 g/mol. The number of aromatic hydroxyl groups is 1. The third kappa shape index (κ3) is 6.16. The zero-order chi connectivity index (χ0) is 37.2. The van der Waals surface area contributed by atoms with Crippen LogP contribution in [0.2, 0.25) is 0 Å². The summed E-state index contributed by atoms with van der Waals surface area (Å²) < 4.78 is 2.26. The Balaban J connectivity index is 1.45. The molecule has 0 spiro atoms. The van der Waals surface area contributed by atoms with Crippen molar-refractivity contribution in [3.05, 3.63) is 144 Å². The number of para-hydroxylation sites is 1. The van der Waals surface area contributed by atoms with Gasteiger partial charge in [-0.2, -0.15) is 0 Å². The molecule has 8 rings (SSSR count). The zero-order valence-corrected chi connectivity index (χ0v) is 32.0. The number of aromatic nitrogens is 3. The van der Waals surface area contributed by atoms with E-state index in [1.807, 2.05) is 6.20 Å². The first-order chi connectivity index (χ1) is 25.3. The Morgan fingerprint density at radius 1 is 0.623 bits per heavy atom. The van der Waals surface area contributed by atoms with E-state index in [4.69, 9.17) is 9.97 Å². The molecule has 4 heteroatoms. The average Bonchev–Trinajstić information content (AvgIpc) is 3.52. The highest BCUT2D eigenvalue weighted by Crippen LogP contribution is 2.45. The predicted molar refractivity (Wildman–Crippen MR) is 223 cm³/mol. The lowest BCUT2D eigenvalue weighted by atomic mass is 9.79. The minimum Gasteiger partial charge on any atom is -0.507 e. The first kappa shape index (κ1) is 34.4. The summed E-state index contributed by atoms with van der Waals surface area (Å²) in [5.74, 6) is 1.30. The van der Waals surface area contributed by atoms with Gasteiger partial charge in [-0.25, -0.2) is 4.98 Å². The molecule has 2 aromatic heterocycles. The maximum atomic E-state index is 12.2. The maximum absolute atomic E-state index is 12.2. The summed E-state index contributed by atoms with van der Waals surface area (Å²) in [5, 5.41) is 16.8. The molecule has 0 aliphatic carbocycles. The number of hydrogen-bond donors (Lipinski definition) is 1. The van der Waals surface area contributed by atoms with E-state index in [0.29, 0.717) is 11.7 Å². The number of phenols is 1. The van der Waals surface area contributed by atoms with Gasteiger partial charge < -0.3 is 5.11 Å². The van der Waals surface area contributed by atoms with E-state index < -0.39 is 0 Å². The number of rotatable bonds is 5. The van der Waals surface area contributed by atoms with Crippen LogP contribution in [0.4, 0.5) is 0 Å². The molecular weight excluding hydrogens is 647 g/mol. The van der Waals surface area contributed by atoms with Gasteiger partial charge in [-0.3, -0.25) is 9.55 Å². The van der Waals surface area contributed by atoms with Crippen molar-refractivity contribution in [2.75, 3.05) is 0 Å². The fourth-order valence-electron chi connectivity index (χ4n) is 7.50. The van der Waals surface area contributed by atoms with E-state index in [9.17, 15) is 5.11 Å². The molecule has 6 aromatic carbocycles. The highest BCUT2D eigenvalue weighted by molar-refractivity contribution is 6.00. The van der Waals surface area contributed by atoms with E-state index in [1.165, 1.54) is 10.9 Å². The number of fused-ring (bicyclic) bond motifs is 3. The van der Waals surface area contributed by atoms with Gasteiger partial charge >= 0.3 is 0 Å². The molecular formula is C49H47N3O. The van der Waals surface area contributed by atoms with Crippen LogP contribution in [0.5, 0.6) is 5.75 Å². The van der Waals surface area contributed by atoms with Crippen LogP contribution in [0.1, 0.15) is 78.0 Å². The molecule has 264 valence electrons. The second kappa shape index (κ2) is 12.7.